The Labute approximate surface area is 145 Å². The number of benzene rings is 2. The first-order chi connectivity index (χ1) is 11.5. The Morgan fingerprint density at radius 1 is 1.08 bits per heavy atom. The van der Waals surface area contributed by atoms with Gasteiger partial charge in [-0.25, -0.2) is 0 Å². The van der Waals surface area contributed by atoms with E-state index in [-0.39, 0.29) is 5.91 Å². The fourth-order valence-corrected chi connectivity index (χ4v) is 3.47. The number of rotatable bonds is 4. The number of carbonyl (C=O) groups is 1. The number of nitrogens with one attached hydrogen (secondary N) is 1. The van der Waals surface area contributed by atoms with Crippen molar-refractivity contribution >= 4 is 28.1 Å². The number of hydrogen-bond acceptors (Lipinski definition) is 3. The highest BCUT2D eigenvalue weighted by molar-refractivity contribution is 7.84. The maximum absolute atomic E-state index is 12.4. The van der Waals surface area contributed by atoms with Gasteiger partial charge in [0.15, 0.2) is 0 Å². The molecule has 0 bridgehead atoms. The van der Waals surface area contributed by atoms with Crippen molar-refractivity contribution in [1.82, 2.24) is 0 Å². The van der Waals surface area contributed by atoms with Crippen LogP contribution in [0.25, 0.3) is 0 Å². The standard InChI is InChI=1S/C19H22N2O2S/c1-14-13-16(21-11-3-4-12-21)7-10-18(14)20-19(22)15-5-8-17(9-6-15)24(2)23/h5-10,13H,3-4,11-12H2,1-2H3,(H,20,22). The molecule has 2 aromatic rings. The molecule has 1 heterocycles. The van der Waals surface area contributed by atoms with E-state index in [9.17, 15) is 9.00 Å². The molecule has 1 aliphatic heterocycles. The molecule has 24 heavy (non-hydrogen) atoms. The summed E-state index contributed by atoms with van der Waals surface area (Å²) < 4.78 is 11.4. The summed E-state index contributed by atoms with van der Waals surface area (Å²) in [6.45, 7) is 4.23. The summed E-state index contributed by atoms with van der Waals surface area (Å²) in [5, 5.41) is 2.96. The average molecular weight is 342 g/mol. The summed E-state index contributed by atoms with van der Waals surface area (Å²) >= 11 is 0. The first-order valence-corrected chi connectivity index (χ1v) is 9.71. The Hall–Kier alpha value is -2.14. The first-order valence-electron chi connectivity index (χ1n) is 8.15. The summed E-state index contributed by atoms with van der Waals surface area (Å²) in [7, 11) is -1.03. The van der Waals surface area contributed by atoms with Gasteiger partial charge in [-0.1, -0.05) is 0 Å². The molecule has 5 heteroatoms. The summed E-state index contributed by atoms with van der Waals surface area (Å²) in [4.78, 5) is 15.5. The second-order valence-corrected chi connectivity index (χ2v) is 7.51. The van der Waals surface area contributed by atoms with Crippen LogP contribution in [0.1, 0.15) is 28.8 Å². The smallest absolute Gasteiger partial charge is 0.255 e. The predicted molar refractivity (Wildman–Crippen MR) is 99.4 cm³/mol. The number of amides is 1. The van der Waals surface area contributed by atoms with E-state index in [0.717, 1.165) is 29.2 Å². The fraction of sp³-hybridized carbons (Fsp3) is 0.316. The van der Waals surface area contributed by atoms with Crippen LogP contribution >= 0.6 is 0 Å². The van der Waals surface area contributed by atoms with Crippen LogP contribution in [0.2, 0.25) is 0 Å². The molecule has 1 aliphatic rings. The Morgan fingerprint density at radius 3 is 2.33 bits per heavy atom. The Kier molecular flexibility index (Phi) is 5.00. The van der Waals surface area contributed by atoms with Crippen LogP contribution in [0.4, 0.5) is 11.4 Å². The summed E-state index contributed by atoms with van der Waals surface area (Å²) in [6, 6.07) is 13.0. The molecular formula is C19H22N2O2S. The van der Waals surface area contributed by atoms with Crippen LogP contribution in [-0.2, 0) is 10.8 Å². The lowest BCUT2D eigenvalue weighted by Crippen LogP contribution is -2.18. The summed E-state index contributed by atoms with van der Waals surface area (Å²) in [5.41, 5.74) is 3.66. The SMILES string of the molecule is Cc1cc(N2CCCC2)ccc1NC(=O)c1ccc(S(C)=O)cc1. The van der Waals surface area contributed by atoms with Gasteiger partial charge in [0, 0.05) is 52.0 Å². The third-order valence-electron chi connectivity index (χ3n) is 4.38. The van der Waals surface area contributed by atoms with Crippen LogP contribution < -0.4 is 10.2 Å². The maximum Gasteiger partial charge on any atom is 0.255 e. The summed E-state index contributed by atoms with van der Waals surface area (Å²) in [5.74, 6) is -0.152. The van der Waals surface area contributed by atoms with Gasteiger partial charge in [-0.05, 0) is 67.8 Å². The monoisotopic (exact) mass is 342 g/mol. The van der Waals surface area contributed by atoms with Gasteiger partial charge in [0.2, 0.25) is 0 Å². The second-order valence-electron chi connectivity index (χ2n) is 6.13. The van der Waals surface area contributed by atoms with Gasteiger partial charge in [-0.2, -0.15) is 0 Å². The van der Waals surface area contributed by atoms with Crippen LogP contribution in [0, 0.1) is 6.92 Å². The van der Waals surface area contributed by atoms with E-state index in [1.165, 1.54) is 18.5 Å². The van der Waals surface area contributed by atoms with E-state index < -0.39 is 10.8 Å². The van der Waals surface area contributed by atoms with Crippen molar-refractivity contribution in [2.75, 3.05) is 29.6 Å². The molecule has 0 spiro atoms. The van der Waals surface area contributed by atoms with Crippen molar-refractivity contribution in [2.24, 2.45) is 0 Å². The quantitative estimate of drug-likeness (QED) is 0.924. The molecule has 2 aromatic carbocycles. The van der Waals surface area contributed by atoms with Crippen molar-refractivity contribution in [1.29, 1.82) is 0 Å². The fourth-order valence-electron chi connectivity index (χ4n) is 2.95. The van der Waals surface area contributed by atoms with Gasteiger partial charge >= 0.3 is 0 Å². The molecule has 0 aromatic heterocycles. The number of hydrogen-bond donors (Lipinski definition) is 1. The van der Waals surface area contributed by atoms with Gasteiger partial charge in [-0.3, -0.25) is 9.00 Å². The lowest BCUT2D eigenvalue weighted by Gasteiger charge is -2.19. The van der Waals surface area contributed by atoms with Crippen molar-refractivity contribution < 1.29 is 9.00 Å². The molecule has 1 atom stereocenters. The largest absolute Gasteiger partial charge is 0.372 e. The molecule has 4 nitrogen and oxygen atoms in total. The lowest BCUT2D eigenvalue weighted by molar-refractivity contribution is 0.102. The van der Waals surface area contributed by atoms with Crippen LogP contribution in [0.5, 0.6) is 0 Å². The maximum atomic E-state index is 12.4. The third-order valence-corrected chi connectivity index (χ3v) is 5.31. The van der Waals surface area contributed by atoms with Crippen molar-refractivity contribution in [3.8, 4) is 0 Å². The minimum absolute atomic E-state index is 0.152. The molecule has 1 unspecified atom stereocenters. The van der Waals surface area contributed by atoms with E-state index in [2.05, 4.69) is 22.3 Å². The zero-order chi connectivity index (χ0) is 17.1. The van der Waals surface area contributed by atoms with Crippen molar-refractivity contribution in [3.63, 3.8) is 0 Å². The average Bonchev–Trinajstić information content (AvgIpc) is 3.11. The molecule has 1 amide bonds. The minimum atomic E-state index is -1.03. The van der Waals surface area contributed by atoms with Gasteiger partial charge in [-0.15, -0.1) is 0 Å². The lowest BCUT2D eigenvalue weighted by atomic mass is 10.1. The number of nitrogens with zero attached hydrogens (tertiary/aromatic N) is 1. The molecule has 126 valence electrons. The van der Waals surface area contributed by atoms with E-state index in [1.807, 2.05) is 13.0 Å². The predicted octanol–water partition coefficient (Wildman–Crippen LogP) is 3.58. The number of carbonyl (C=O) groups excluding carboxylic acids is 1. The minimum Gasteiger partial charge on any atom is -0.372 e. The van der Waals surface area contributed by atoms with E-state index in [0.29, 0.717) is 5.56 Å². The van der Waals surface area contributed by atoms with Crippen LogP contribution in [0.3, 0.4) is 0 Å². The zero-order valence-electron chi connectivity index (χ0n) is 14.0. The molecule has 1 N–H and O–H groups in total. The van der Waals surface area contributed by atoms with E-state index >= 15 is 0 Å². The molecule has 0 saturated carbocycles. The first kappa shape index (κ1) is 16.7. The van der Waals surface area contributed by atoms with E-state index in [4.69, 9.17) is 0 Å². The topological polar surface area (TPSA) is 49.4 Å². The Balaban J connectivity index is 1.72. The van der Waals surface area contributed by atoms with Gasteiger partial charge < -0.3 is 10.2 Å². The normalized spacial score (nSPS) is 15.3. The van der Waals surface area contributed by atoms with Crippen LogP contribution in [0.15, 0.2) is 47.4 Å². The highest BCUT2D eigenvalue weighted by atomic mass is 32.2. The molecular weight excluding hydrogens is 320 g/mol. The Morgan fingerprint density at radius 2 is 1.75 bits per heavy atom. The van der Waals surface area contributed by atoms with Crippen molar-refractivity contribution in [3.05, 3.63) is 53.6 Å². The molecule has 3 rings (SSSR count). The van der Waals surface area contributed by atoms with Gasteiger partial charge in [0.1, 0.15) is 0 Å². The Bertz CT molecular complexity index is 765. The molecule has 0 aliphatic carbocycles. The number of anilines is 2. The molecule has 0 radical (unpaired) electrons. The second kappa shape index (κ2) is 7.18. The van der Waals surface area contributed by atoms with Crippen molar-refractivity contribution in [2.45, 2.75) is 24.7 Å². The highest BCUT2D eigenvalue weighted by Crippen LogP contribution is 2.26. The third kappa shape index (κ3) is 3.67. The summed E-state index contributed by atoms with van der Waals surface area (Å²) in [6.07, 6.45) is 4.12. The molecule has 1 saturated heterocycles. The van der Waals surface area contributed by atoms with Gasteiger partial charge in [0.05, 0.1) is 0 Å². The zero-order valence-corrected chi connectivity index (χ0v) is 14.9. The van der Waals surface area contributed by atoms with E-state index in [1.54, 1.807) is 30.5 Å². The highest BCUT2D eigenvalue weighted by Gasteiger charge is 2.14. The molecule has 1 fully saturated rings. The van der Waals surface area contributed by atoms with Gasteiger partial charge in [0.25, 0.3) is 5.91 Å². The number of aryl methyl sites for hydroxylation is 1. The van der Waals surface area contributed by atoms with Crippen LogP contribution in [-0.4, -0.2) is 29.5 Å².